The Bertz CT molecular complexity index is 902. The molecule has 0 radical (unpaired) electrons. The molecule has 2 aromatic rings. The molecule has 1 N–H and O–H groups in total. The number of alkyl halides is 3. The van der Waals surface area contributed by atoms with Gasteiger partial charge in [-0.2, -0.15) is 0 Å². The number of carbonyl (C=O) groups excluding carboxylic acids is 1. The second-order valence-corrected chi connectivity index (χ2v) is 7.97. The number of rotatable bonds is 5. The van der Waals surface area contributed by atoms with Crippen LogP contribution in [0.15, 0.2) is 28.7 Å². The van der Waals surface area contributed by atoms with Crippen molar-refractivity contribution in [3.63, 3.8) is 0 Å². The van der Waals surface area contributed by atoms with Gasteiger partial charge in [-0.1, -0.05) is 12.1 Å². The minimum Gasteiger partial charge on any atom is -0.446 e. The van der Waals surface area contributed by atoms with Gasteiger partial charge in [-0.3, -0.25) is 4.79 Å². The average molecular weight is 426 g/mol. The summed E-state index contributed by atoms with van der Waals surface area (Å²) < 4.78 is 48.0. The van der Waals surface area contributed by atoms with Crippen LogP contribution in [-0.2, 0) is 12.0 Å². The normalized spacial score (nSPS) is 17.8. The van der Waals surface area contributed by atoms with Crippen molar-refractivity contribution in [3.05, 3.63) is 47.2 Å². The summed E-state index contributed by atoms with van der Waals surface area (Å²) in [6.45, 7) is 5.34. The van der Waals surface area contributed by atoms with Gasteiger partial charge in [0.25, 0.3) is 5.91 Å². The lowest BCUT2D eigenvalue weighted by Gasteiger charge is -2.35. The van der Waals surface area contributed by atoms with Crippen molar-refractivity contribution >= 4 is 5.91 Å². The lowest BCUT2D eigenvalue weighted by atomic mass is 9.98. The predicted octanol–water partition coefficient (Wildman–Crippen LogP) is 4.35. The molecular formula is C21H25F3N2O4. The molecule has 1 aromatic heterocycles. The van der Waals surface area contributed by atoms with E-state index in [1.807, 2.05) is 0 Å². The zero-order chi connectivity index (χ0) is 22.1. The molecule has 6 nitrogen and oxygen atoms in total. The number of halogens is 3. The van der Waals surface area contributed by atoms with Gasteiger partial charge in [0.05, 0.1) is 5.56 Å². The number of hydrogen-bond donors (Lipinski definition) is 1. The maximum absolute atomic E-state index is 13.1. The van der Waals surface area contributed by atoms with E-state index in [0.717, 1.165) is 18.9 Å². The van der Waals surface area contributed by atoms with Gasteiger partial charge in [0.1, 0.15) is 22.8 Å². The molecule has 0 saturated carbocycles. The van der Waals surface area contributed by atoms with Crippen LogP contribution in [0.3, 0.4) is 0 Å². The van der Waals surface area contributed by atoms with E-state index in [1.165, 1.54) is 18.2 Å². The van der Waals surface area contributed by atoms with Gasteiger partial charge in [-0.25, -0.2) is 4.98 Å². The van der Waals surface area contributed by atoms with Gasteiger partial charge < -0.3 is 19.2 Å². The Balaban J connectivity index is 1.84. The highest BCUT2D eigenvalue weighted by atomic mass is 19.4. The molecule has 9 heteroatoms. The SMILES string of the molecule is Cc1oc(C[C@H]2CCCCN2C(=O)c2ccccc2OC(F)(F)F)nc1C(C)(C)O. The number of hydrogen-bond acceptors (Lipinski definition) is 5. The minimum atomic E-state index is -4.89. The van der Waals surface area contributed by atoms with Crippen molar-refractivity contribution in [2.75, 3.05) is 6.54 Å². The van der Waals surface area contributed by atoms with E-state index in [2.05, 4.69) is 9.72 Å². The van der Waals surface area contributed by atoms with Gasteiger partial charge >= 0.3 is 6.36 Å². The molecule has 1 aliphatic rings. The Morgan fingerprint density at radius 3 is 2.63 bits per heavy atom. The number of aliphatic hydroxyl groups is 1. The van der Waals surface area contributed by atoms with E-state index in [9.17, 15) is 23.1 Å². The number of carbonyl (C=O) groups is 1. The molecule has 1 amide bonds. The van der Waals surface area contributed by atoms with Crippen LogP contribution < -0.4 is 4.74 Å². The molecule has 164 valence electrons. The maximum Gasteiger partial charge on any atom is 0.573 e. The summed E-state index contributed by atoms with van der Waals surface area (Å²) in [6, 6.07) is 5.07. The first-order valence-electron chi connectivity index (χ1n) is 9.80. The molecular weight excluding hydrogens is 401 g/mol. The lowest BCUT2D eigenvalue weighted by Crippen LogP contribution is -2.45. The molecule has 3 rings (SSSR count). The van der Waals surface area contributed by atoms with Crippen molar-refractivity contribution in [2.45, 2.75) is 64.5 Å². The van der Waals surface area contributed by atoms with Crippen LogP contribution in [0.1, 0.15) is 60.8 Å². The Kier molecular flexibility index (Phi) is 6.12. The third-order valence-corrected chi connectivity index (χ3v) is 5.06. The molecule has 0 bridgehead atoms. The lowest BCUT2D eigenvalue weighted by molar-refractivity contribution is -0.274. The van der Waals surface area contributed by atoms with Crippen molar-refractivity contribution in [3.8, 4) is 5.75 Å². The van der Waals surface area contributed by atoms with E-state index in [-0.39, 0.29) is 11.6 Å². The van der Waals surface area contributed by atoms with Gasteiger partial charge in [0.2, 0.25) is 0 Å². The number of oxazole rings is 1. The van der Waals surface area contributed by atoms with Crippen molar-refractivity contribution < 1.29 is 32.2 Å². The molecule has 1 aromatic carbocycles. The number of piperidine rings is 1. The molecule has 1 aliphatic heterocycles. The number of para-hydroxylation sites is 1. The van der Waals surface area contributed by atoms with Crippen molar-refractivity contribution in [1.29, 1.82) is 0 Å². The van der Waals surface area contributed by atoms with Gasteiger partial charge in [-0.05, 0) is 52.2 Å². The summed E-state index contributed by atoms with van der Waals surface area (Å²) in [4.78, 5) is 19.1. The monoisotopic (exact) mass is 426 g/mol. The highest BCUT2D eigenvalue weighted by Gasteiger charge is 2.35. The zero-order valence-electron chi connectivity index (χ0n) is 17.1. The Labute approximate surface area is 172 Å². The van der Waals surface area contributed by atoms with Crippen LogP contribution >= 0.6 is 0 Å². The standard InChI is InChI=1S/C21H25F3N2O4/c1-13-18(20(2,3)28)25-17(29-13)12-14-8-6-7-11-26(14)19(27)15-9-4-5-10-16(15)30-21(22,23)24/h4-5,9-10,14,28H,6-8,11-12H2,1-3H3/t14-/m1/s1. The minimum absolute atomic E-state index is 0.137. The Morgan fingerprint density at radius 2 is 2.00 bits per heavy atom. The number of aryl methyl sites for hydroxylation is 1. The molecule has 1 fully saturated rings. The second kappa shape index (κ2) is 8.29. The Hall–Kier alpha value is -2.55. The zero-order valence-corrected chi connectivity index (χ0v) is 17.1. The van der Waals surface area contributed by atoms with Crippen LogP contribution in [0.2, 0.25) is 0 Å². The van der Waals surface area contributed by atoms with E-state index < -0.39 is 23.6 Å². The third kappa shape index (κ3) is 5.13. The highest BCUT2D eigenvalue weighted by Crippen LogP contribution is 2.31. The number of aromatic nitrogens is 1. The number of amides is 1. The van der Waals surface area contributed by atoms with Gasteiger partial charge in [0.15, 0.2) is 5.89 Å². The van der Waals surface area contributed by atoms with Crippen LogP contribution in [0.5, 0.6) is 5.75 Å². The van der Waals surface area contributed by atoms with Crippen molar-refractivity contribution in [2.24, 2.45) is 0 Å². The summed E-state index contributed by atoms with van der Waals surface area (Å²) in [5.41, 5.74) is -0.875. The largest absolute Gasteiger partial charge is 0.573 e. The molecule has 0 unspecified atom stereocenters. The predicted molar refractivity (Wildman–Crippen MR) is 102 cm³/mol. The summed E-state index contributed by atoms with van der Waals surface area (Å²) >= 11 is 0. The van der Waals surface area contributed by atoms with Crippen LogP contribution in [0.25, 0.3) is 0 Å². The summed E-state index contributed by atoms with van der Waals surface area (Å²) in [5, 5.41) is 10.2. The van der Waals surface area contributed by atoms with Crippen LogP contribution in [0.4, 0.5) is 13.2 Å². The summed E-state index contributed by atoms with van der Waals surface area (Å²) in [7, 11) is 0. The van der Waals surface area contributed by atoms with Gasteiger partial charge in [-0.15, -0.1) is 13.2 Å². The quantitative estimate of drug-likeness (QED) is 0.770. The highest BCUT2D eigenvalue weighted by molar-refractivity contribution is 5.97. The first-order valence-corrected chi connectivity index (χ1v) is 9.80. The van der Waals surface area contributed by atoms with E-state index >= 15 is 0 Å². The number of benzene rings is 1. The smallest absolute Gasteiger partial charge is 0.446 e. The van der Waals surface area contributed by atoms with Crippen molar-refractivity contribution in [1.82, 2.24) is 9.88 Å². The number of likely N-dealkylation sites (tertiary alicyclic amines) is 1. The molecule has 1 saturated heterocycles. The van der Waals surface area contributed by atoms with Gasteiger partial charge in [0, 0.05) is 19.0 Å². The number of ether oxygens (including phenoxy) is 1. The molecule has 0 aliphatic carbocycles. The Morgan fingerprint density at radius 1 is 1.30 bits per heavy atom. The van der Waals surface area contributed by atoms with Crippen LogP contribution in [0, 0.1) is 6.92 Å². The van der Waals surface area contributed by atoms with E-state index in [0.29, 0.717) is 36.7 Å². The third-order valence-electron chi connectivity index (χ3n) is 5.06. The summed E-state index contributed by atoms with van der Waals surface area (Å²) in [6.07, 6.45) is -2.27. The number of nitrogens with zero attached hydrogens (tertiary/aromatic N) is 2. The average Bonchev–Trinajstić information content (AvgIpc) is 3.01. The molecule has 1 atom stereocenters. The second-order valence-electron chi connectivity index (χ2n) is 7.97. The first-order chi connectivity index (χ1) is 14.0. The van der Waals surface area contributed by atoms with Crippen LogP contribution in [-0.4, -0.2) is 39.8 Å². The summed E-state index contributed by atoms with van der Waals surface area (Å²) in [5.74, 6) is -0.162. The fourth-order valence-electron chi connectivity index (χ4n) is 3.80. The van der Waals surface area contributed by atoms with E-state index in [1.54, 1.807) is 25.7 Å². The molecule has 30 heavy (non-hydrogen) atoms. The van der Waals surface area contributed by atoms with E-state index in [4.69, 9.17) is 4.42 Å². The first kappa shape index (κ1) is 22.1. The maximum atomic E-state index is 13.1. The topological polar surface area (TPSA) is 75.8 Å². The molecule has 2 heterocycles. The molecule has 0 spiro atoms. The fourth-order valence-corrected chi connectivity index (χ4v) is 3.80. The fraction of sp³-hybridized carbons (Fsp3) is 0.524.